The summed E-state index contributed by atoms with van der Waals surface area (Å²) in [4.78, 5) is 17.3. The molecule has 3 rings (SSSR count). The van der Waals surface area contributed by atoms with Gasteiger partial charge in [-0.05, 0) is 38.0 Å². The number of carbonyl (C=O) groups is 1. The first kappa shape index (κ1) is 21.2. The van der Waals surface area contributed by atoms with E-state index in [2.05, 4.69) is 23.9 Å². The normalized spacial score (nSPS) is 15.0. The van der Waals surface area contributed by atoms with Gasteiger partial charge < -0.3 is 18.9 Å². The Morgan fingerprint density at radius 1 is 1.17 bits per heavy atom. The molecular formula is C22H31N3O4. The average molecular weight is 402 g/mol. The van der Waals surface area contributed by atoms with E-state index in [0.29, 0.717) is 29.6 Å². The lowest BCUT2D eigenvalue weighted by Gasteiger charge is -2.35. The molecule has 0 spiro atoms. The quantitative estimate of drug-likeness (QED) is 0.709. The van der Waals surface area contributed by atoms with E-state index in [9.17, 15) is 4.79 Å². The first-order valence-electron chi connectivity index (χ1n) is 10.1. The predicted molar refractivity (Wildman–Crippen MR) is 110 cm³/mol. The van der Waals surface area contributed by atoms with Crippen molar-refractivity contribution in [3.63, 3.8) is 0 Å². The summed E-state index contributed by atoms with van der Waals surface area (Å²) in [5.74, 6) is 2.54. The van der Waals surface area contributed by atoms with Crippen molar-refractivity contribution in [2.75, 3.05) is 39.8 Å². The number of rotatable bonds is 7. The maximum atomic E-state index is 12.9. The van der Waals surface area contributed by atoms with Crippen LogP contribution in [0.1, 0.15) is 41.2 Å². The van der Waals surface area contributed by atoms with Gasteiger partial charge in [-0.25, -0.2) is 0 Å². The van der Waals surface area contributed by atoms with E-state index >= 15 is 0 Å². The van der Waals surface area contributed by atoms with E-state index in [0.717, 1.165) is 49.7 Å². The Labute approximate surface area is 172 Å². The number of hydrogen-bond acceptors (Lipinski definition) is 6. The summed E-state index contributed by atoms with van der Waals surface area (Å²) in [6.07, 6.45) is 0. The molecule has 0 radical (unpaired) electrons. The van der Waals surface area contributed by atoms with Crippen molar-refractivity contribution in [1.82, 2.24) is 15.0 Å². The molecule has 7 heteroatoms. The summed E-state index contributed by atoms with van der Waals surface area (Å²) in [7, 11) is 1.58. The van der Waals surface area contributed by atoms with E-state index in [1.54, 1.807) is 25.3 Å². The van der Waals surface area contributed by atoms with Gasteiger partial charge in [0.1, 0.15) is 12.4 Å². The van der Waals surface area contributed by atoms with E-state index in [4.69, 9.17) is 14.0 Å². The summed E-state index contributed by atoms with van der Waals surface area (Å²) in [6, 6.07) is 5.35. The van der Waals surface area contributed by atoms with E-state index in [-0.39, 0.29) is 5.91 Å². The average Bonchev–Trinajstić information content (AvgIpc) is 3.03. The Bertz CT molecular complexity index is 819. The number of ether oxygens (including phenoxy) is 2. The van der Waals surface area contributed by atoms with Crippen molar-refractivity contribution >= 4 is 5.91 Å². The number of nitrogens with zero attached hydrogens (tertiary/aromatic N) is 3. The highest BCUT2D eigenvalue weighted by Gasteiger charge is 2.23. The Balaban J connectivity index is 1.64. The topological polar surface area (TPSA) is 68.0 Å². The van der Waals surface area contributed by atoms with Crippen LogP contribution in [0, 0.1) is 19.8 Å². The number of aromatic nitrogens is 1. The molecule has 1 fully saturated rings. The lowest BCUT2D eigenvalue weighted by atomic mass is 10.1. The molecular weight excluding hydrogens is 370 g/mol. The Hall–Kier alpha value is -2.54. The molecule has 158 valence electrons. The van der Waals surface area contributed by atoms with Gasteiger partial charge in [-0.1, -0.05) is 19.0 Å². The third-order valence-corrected chi connectivity index (χ3v) is 5.25. The zero-order valence-electron chi connectivity index (χ0n) is 18.0. The van der Waals surface area contributed by atoms with Gasteiger partial charge >= 0.3 is 0 Å². The third-order valence-electron chi connectivity index (χ3n) is 5.25. The summed E-state index contributed by atoms with van der Waals surface area (Å²) >= 11 is 0. The molecule has 2 aromatic rings. The van der Waals surface area contributed by atoms with Crippen molar-refractivity contribution in [2.24, 2.45) is 5.92 Å². The monoisotopic (exact) mass is 401 g/mol. The zero-order valence-corrected chi connectivity index (χ0v) is 18.0. The van der Waals surface area contributed by atoms with Crippen molar-refractivity contribution < 1.29 is 18.8 Å². The SMILES string of the molecule is COc1cc(C(=O)N2CCN(CC(C)C)CC2)ccc1OCc1c(C)noc1C. The molecule has 1 saturated heterocycles. The van der Waals surface area contributed by atoms with Crippen molar-refractivity contribution in [2.45, 2.75) is 34.3 Å². The number of amides is 1. The van der Waals surface area contributed by atoms with Crippen LogP contribution in [-0.2, 0) is 6.61 Å². The highest BCUT2D eigenvalue weighted by Crippen LogP contribution is 2.30. The molecule has 0 aliphatic carbocycles. The minimum Gasteiger partial charge on any atom is -0.493 e. The van der Waals surface area contributed by atoms with Crippen LogP contribution in [0.3, 0.4) is 0 Å². The largest absolute Gasteiger partial charge is 0.493 e. The second-order valence-corrected chi connectivity index (χ2v) is 7.94. The van der Waals surface area contributed by atoms with Gasteiger partial charge in [0, 0.05) is 38.3 Å². The Morgan fingerprint density at radius 3 is 2.48 bits per heavy atom. The molecule has 1 amide bonds. The molecule has 2 heterocycles. The lowest BCUT2D eigenvalue weighted by molar-refractivity contribution is 0.0623. The molecule has 0 saturated carbocycles. The number of aryl methyl sites for hydroxylation is 2. The maximum absolute atomic E-state index is 12.9. The molecule has 0 unspecified atom stereocenters. The molecule has 1 aromatic heterocycles. The van der Waals surface area contributed by atoms with Crippen LogP contribution in [0.15, 0.2) is 22.7 Å². The standard InChI is InChI=1S/C22H31N3O4/c1-15(2)13-24-8-10-25(11-9-24)22(26)18-6-7-20(21(12-18)27-5)28-14-19-16(3)23-29-17(19)4/h6-7,12,15H,8-11,13-14H2,1-5H3. The van der Waals surface area contributed by atoms with Crippen molar-refractivity contribution in [3.8, 4) is 11.5 Å². The second kappa shape index (κ2) is 9.31. The summed E-state index contributed by atoms with van der Waals surface area (Å²) < 4.78 is 16.6. The highest BCUT2D eigenvalue weighted by molar-refractivity contribution is 5.95. The Morgan fingerprint density at radius 2 is 1.90 bits per heavy atom. The minimum atomic E-state index is 0.0322. The van der Waals surface area contributed by atoms with Crippen molar-refractivity contribution in [1.29, 1.82) is 0 Å². The van der Waals surface area contributed by atoms with Gasteiger partial charge in [0.05, 0.1) is 18.4 Å². The number of carbonyl (C=O) groups excluding carboxylic acids is 1. The van der Waals surface area contributed by atoms with Gasteiger partial charge in [0.25, 0.3) is 5.91 Å². The van der Waals surface area contributed by atoms with E-state index in [1.165, 1.54) is 0 Å². The fraction of sp³-hybridized carbons (Fsp3) is 0.545. The first-order valence-corrected chi connectivity index (χ1v) is 10.1. The fourth-order valence-corrected chi connectivity index (χ4v) is 3.61. The molecule has 29 heavy (non-hydrogen) atoms. The molecule has 0 bridgehead atoms. The van der Waals surface area contributed by atoms with Crippen LogP contribution in [0.2, 0.25) is 0 Å². The Kier molecular flexibility index (Phi) is 6.79. The van der Waals surface area contributed by atoms with E-state index in [1.807, 2.05) is 18.7 Å². The number of methoxy groups -OCH3 is 1. The molecule has 0 atom stereocenters. The molecule has 1 aromatic carbocycles. The van der Waals surface area contributed by atoms with Crippen LogP contribution in [0.4, 0.5) is 0 Å². The smallest absolute Gasteiger partial charge is 0.254 e. The summed E-state index contributed by atoms with van der Waals surface area (Å²) in [5, 5.41) is 3.94. The van der Waals surface area contributed by atoms with Crippen LogP contribution in [0.25, 0.3) is 0 Å². The number of piperazine rings is 1. The van der Waals surface area contributed by atoms with Crippen molar-refractivity contribution in [3.05, 3.63) is 40.8 Å². The van der Waals surface area contributed by atoms with Gasteiger partial charge in [0.15, 0.2) is 11.5 Å². The third kappa shape index (κ3) is 5.09. The van der Waals surface area contributed by atoms with Gasteiger partial charge in [-0.3, -0.25) is 9.69 Å². The lowest BCUT2D eigenvalue weighted by Crippen LogP contribution is -2.49. The number of hydrogen-bond donors (Lipinski definition) is 0. The maximum Gasteiger partial charge on any atom is 0.254 e. The summed E-state index contributed by atoms with van der Waals surface area (Å²) in [6.45, 7) is 12.9. The highest BCUT2D eigenvalue weighted by atomic mass is 16.5. The van der Waals surface area contributed by atoms with Gasteiger partial charge in [0.2, 0.25) is 0 Å². The zero-order chi connectivity index (χ0) is 21.0. The first-order chi connectivity index (χ1) is 13.9. The predicted octanol–water partition coefficient (Wildman–Crippen LogP) is 3.29. The van der Waals surface area contributed by atoms with Gasteiger partial charge in [-0.15, -0.1) is 0 Å². The number of benzene rings is 1. The molecule has 7 nitrogen and oxygen atoms in total. The molecule has 1 aliphatic heterocycles. The fourth-order valence-electron chi connectivity index (χ4n) is 3.61. The van der Waals surface area contributed by atoms with Crippen LogP contribution in [-0.4, -0.2) is 60.7 Å². The molecule has 1 aliphatic rings. The second-order valence-electron chi connectivity index (χ2n) is 7.94. The van der Waals surface area contributed by atoms with Crippen LogP contribution in [0.5, 0.6) is 11.5 Å². The van der Waals surface area contributed by atoms with Gasteiger partial charge in [-0.2, -0.15) is 0 Å². The van der Waals surface area contributed by atoms with E-state index < -0.39 is 0 Å². The molecule has 0 N–H and O–H groups in total. The van der Waals surface area contributed by atoms with Crippen LogP contribution >= 0.6 is 0 Å². The summed E-state index contributed by atoms with van der Waals surface area (Å²) in [5.41, 5.74) is 2.35. The minimum absolute atomic E-state index is 0.0322. The van der Waals surface area contributed by atoms with Crippen LogP contribution < -0.4 is 9.47 Å².